The second-order valence-electron chi connectivity index (χ2n) is 7.01. The van der Waals surface area contributed by atoms with Crippen LogP contribution in [0.1, 0.15) is 5.56 Å². The van der Waals surface area contributed by atoms with Crippen LogP contribution < -0.4 is 9.80 Å². The Kier molecular flexibility index (Phi) is 6.53. The lowest BCUT2D eigenvalue weighted by Gasteiger charge is -2.30. The van der Waals surface area contributed by atoms with Gasteiger partial charge in [-0.05, 0) is 11.6 Å². The number of Topliss-reactive ketones (excluding diaryl/α,β-unsaturated/α-hetero) is 1. The van der Waals surface area contributed by atoms with Crippen LogP contribution in [0.15, 0.2) is 24.3 Å². The molecule has 0 amide bonds. The summed E-state index contributed by atoms with van der Waals surface area (Å²) in [5.74, 6) is 1.91. The quantitative estimate of drug-likeness (QED) is 0.655. The van der Waals surface area contributed by atoms with Crippen molar-refractivity contribution in [2.24, 2.45) is 0 Å². The Morgan fingerprint density at radius 1 is 0.931 bits per heavy atom. The van der Waals surface area contributed by atoms with Gasteiger partial charge in [0.1, 0.15) is 0 Å². The maximum absolute atomic E-state index is 11.7. The maximum Gasteiger partial charge on any atom is 0.230 e. The molecule has 0 spiro atoms. The maximum atomic E-state index is 11.7. The summed E-state index contributed by atoms with van der Waals surface area (Å²) in [5, 5.41) is 0. The Bertz CT molecular complexity index is 818. The van der Waals surface area contributed by atoms with Crippen LogP contribution in [0.5, 0.6) is 0 Å². The third-order valence-electron chi connectivity index (χ3n) is 4.94. The van der Waals surface area contributed by atoms with E-state index in [0.29, 0.717) is 50.6 Å². The summed E-state index contributed by atoms with van der Waals surface area (Å²) in [6, 6.07) is 7.74. The van der Waals surface area contributed by atoms with Gasteiger partial charge in [0.2, 0.25) is 11.9 Å². The van der Waals surface area contributed by atoms with Gasteiger partial charge in [0, 0.05) is 38.2 Å². The average molecular weight is 418 g/mol. The van der Waals surface area contributed by atoms with Crippen molar-refractivity contribution in [2.75, 3.05) is 68.3 Å². The standard InChI is InChI=1S/C20H24ClN5O3/c21-14-17(27)13-15-2-1-3-16(12-15)18-22-19(25-4-8-28-9-5-25)24-20(23-18)26-6-10-29-11-7-26/h1-3,12H,4-11,13-14H2. The molecule has 0 N–H and O–H groups in total. The fraction of sp³-hybridized carbons (Fsp3) is 0.500. The number of ether oxygens (including phenoxy) is 2. The Morgan fingerprint density at radius 3 is 2.07 bits per heavy atom. The molecule has 8 nitrogen and oxygen atoms in total. The number of hydrogen-bond acceptors (Lipinski definition) is 8. The van der Waals surface area contributed by atoms with Crippen molar-refractivity contribution in [3.05, 3.63) is 29.8 Å². The molecule has 0 bridgehead atoms. The van der Waals surface area contributed by atoms with Gasteiger partial charge in [0.15, 0.2) is 11.6 Å². The summed E-state index contributed by atoms with van der Waals surface area (Å²) < 4.78 is 10.9. The summed E-state index contributed by atoms with van der Waals surface area (Å²) >= 11 is 5.66. The van der Waals surface area contributed by atoms with Crippen molar-refractivity contribution in [3.8, 4) is 11.4 Å². The Hall–Kier alpha value is -2.29. The molecule has 2 saturated heterocycles. The fourth-order valence-corrected chi connectivity index (χ4v) is 3.48. The summed E-state index contributed by atoms with van der Waals surface area (Å²) in [4.78, 5) is 30.2. The molecule has 9 heteroatoms. The van der Waals surface area contributed by atoms with Crippen LogP contribution in [0, 0.1) is 0 Å². The number of rotatable bonds is 6. The van der Waals surface area contributed by atoms with Gasteiger partial charge in [0.25, 0.3) is 0 Å². The van der Waals surface area contributed by atoms with E-state index in [1.165, 1.54) is 0 Å². The first-order valence-corrected chi connectivity index (χ1v) is 10.3. The van der Waals surface area contributed by atoms with E-state index >= 15 is 0 Å². The zero-order valence-corrected chi connectivity index (χ0v) is 17.0. The van der Waals surface area contributed by atoms with E-state index in [0.717, 1.165) is 37.3 Å². The van der Waals surface area contributed by atoms with Crippen molar-refractivity contribution < 1.29 is 14.3 Å². The topological polar surface area (TPSA) is 80.7 Å². The highest BCUT2D eigenvalue weighted by Crippen LogP contribution is 2.23. The van der Waals surface area contributed by atoms with Gasteiger partial charge in [-0.1, -0.05) is 18.2 Å². The molecular weight excluding hydrogens is 394 g/mol. The van der Waals surface area contributed by atoms with Gasteiger partial charge < -0.3 is 19.3 Å². The van der Waals surface area contributed by atoms with E-state index in [9.17, 15) is 4.79 Å². The predicted molar refractivity (Wildman–Crippen MR) is 111 cm³/mol. The Balaban J connectivity index is 1.69. The molecule has 154 valence electrons. The van der Waals surface area contributed by atoms with E-state index in [2.05, 4.69) is 9.80 Å². The van der Waals surface area contributed by atoms with Crippen molar-refractivity contribution in [1.82, 2.24) is 15.0 Å². The molecule has 2 fully saturated rings. The SMILES string of the molecule is O=C(CCl)Cc1cccc(-c2nc(N3CCOCC3)nc(N3CCOCC3)n2)c1. The first-order chi connectivity index (χ1) is 14.2. The first-order valence-electron chi connectivity index (χ1n) is 9.81. The van der Waals surface area contributed by atoms with E-state index in [1.807, 2.05) is 24.3 Å². The number of benzene rings is 1. The number of morpholine rings is 2. The van der Waals surface area contributed by atoms with E-state index in [-0.39, 0.29) is 11.7 Å². The lowest BCUT2D eigenvalue weighted by atomic mass is 10.1. The lowest BCUT2D eigenvalue weighted by Crippen LogP contribution is -2.40. The molecular formula is C20H24ClN5O3. The number of anilines is 2. The second-order valence-corrected chi connectivity index (χ2v) is 7.27. The van der Waals surface area contributed by atoms with Crippen LogP contribution in [0.2, 0.25) is 0 Å². The number of carbonyl (C=O) groups is 1. The zero-order valence-electron chi connectivity index (χ0n) is 16.2. The lowest BCUT2D eigenvalue weighted by molar-refractivity contribution is -0.116. The minimum atomic E-state index is -0.0116. The highest BCUT2D eigenvalue weighted by atomic mass is 35.5. The monoisotopic (exact) mass is 417 g/mol. The molecule has 2 aromatic rings. The predicted octanol–water partition coefficient (Wildman–Crippen LogP) is 1.56. The van der Waals surface area contributed by atoms with Crippen molar-refractivity contribution in [2.45, 2.75) is 6.42 Å². The number of halogens is 1. The molecule has 0 radical (unpaired) electrons. The van der Waals surface area contributed by atoms with Gasteiger partial charge >= 0.3 is 0 Å². The summed E-state index contributed by atoms with van der Waals surface area (Å²) in [7, 11) is 0. The molecule has 0 aliphatic carbocycles. The van der Waals surface area contributed by atoms with Gasteiger partial charge in [-0.3, -0.25) is 4.79 Å². The molecule has 4 rings (SSSR count). The molecule has 2 aliphatic heterocycles. The fourth-order valence-electron chi connectivity index (χ4n) is 3.39. The van der Waals surface area contributed by atoms with Crippen LogP contribution in [-0.4, -0.2) is 79.2 Å². The summed E-state index contributed by atoms with van der Waals surface area (Å²) in [6.07, 6.45) is 0.301. The third kappa shape index (κ3) is 5.01. The third-order valence-corrected chi connectivity index (χ3v) is 5.23. The van der Waals surface area contributed by atoms with E-state index in [4.69, 9.17) is 36.0 Å². The second kappa shape index (κ2) is 9.47. The van der Waals surface area contributed by atoms with Crippen LogP contribution in [0.25, 0.3) is 11.4 Å². The number of hydrogen-bond donors (Lipinski definition) is 0. The smallest absolute Gasteiger partial charge is 0.230 e. The average Bonchev–Trinajstić information content (AvgIpc) is 2.80. The molecule has 0 atom stereocenters. The van der Waals surface area contributed by atoms with Crippen LogP contribution >= 0.6 is 11.6 Å². The molecule has 0 unspecified atom stereocenters. The normalized spacial score (nSPS) is 17.4. The van der Waals surface area contributed by atoms with Crippen molar-refractivity contribution in [1.29, 1.82) is 0 Å². The van der Waals surface area contributed by atoms with Gasteiger partial charge in [-0.2, -0.15) is 15.0 Å². The number of alkyl halides is 1. The highest BCUT2D eigenvalue weighted by Gasteiger charge is 2.21. The summed E-state index contributed by atoms with van der Waals surface area (Å²) in [6.45, 7) is 5.61. The van der Waals surface area contributed by atoms with Crippen molar-refractivity contribution >= 4 is 29.3 Å². The van der Waals surface area contributed by atoms with Gasteiger partial charge in [-0.25, -0.2) is 0 Å². The molecule has 3 heterocycles. The molecule has 1 aromatic heterocycles. The summed E-state index contributed by atoms with van der Waals surface area (Å²) in [5.41, 5.74) is 1.76. The van der Waals surface area contributed by atoms with Gasteiger partial charge in [0.05, 0.1) is 32.3 Å². The largest absolute Gasteiger partial charge is 0.378 e. The minimum Gasteiger partial charge on any atom is -0.378 e. The Labute approximate surface area is 174 Å². The van der Waals surface area contributed by atoms with E-state index in [1.54, 1.807) is 0 Å². The van der Waals surface area contributed by atoms with Crippen molar-refractivity contribution in [3.63, 3.8) is 0 Å². The van der Waals surface area contributed by atoms with E-state index < -0.39 is 0 Å². The van der Waals surface area contributed by atoms with Gasteiger partial charge in [-0.15, -0.1) is 11.6 Å². The number of aromatic nitrogens is 3. The number of ketones is 1. The van der Waals surface area contributed by atoms with Crippen LogP contribution in [-0.2, 0) is 20.7 Å². The molecule has 1 aromatic carbocycles. The highest BCUT2D eigenvalue weighted by molar-refractivity contribution is 6.27. The Morgan fingerprint density at radius 2 is 1.52 bits per heavy atom. The number of carbonyl (C=O) groups excluding carboxylic acids is 1. The molecule has 29 heavy (non-hydrogen) atoms. The van der Waals surface area contributed by atoms with Crippen LogP contribution in [0.3, 0.4) is 0 Å². The molecule has 0 saturated carbocycles. The number of nitrogens with zero attached hydrogens (tertiary/aromatic N) is 5. The van der Waals surface area contributed by atoms with Crippen LogP contribution in [0.4, 0.5) is 11.9 Å². The minimum absolute atomic E-state index is 0.0116. The zero-order chi connectivity index (χ0) is 20.1. The first kappa shape index (κ1) is 20.0. The molecule has 2 aliphatic rings.